The average Bonchev–Trinajstić information content (AvgIpc) is 2.54. The summed E-state index contributed by atoms with van der Waals surface area (Å²) in [5, 5.41) is 2.58. The first-order chi connectivity index (χ1) is 10.5. The normalized spacial score (nSPS) is 10.4. The third kappa shape index (κ3) is 3.58. The SMILES string of the molecule is COc1ccc(C(=O)CCNc2ccc(F)c(F)c2F)cc1. The molecule has 22 heavy (non-hydrogen) atoms. The van der Waals surface area contributed by atoms with Crippen molar-refractivity contribution in [2.45, 2.75) is 6.42 Å². The molecule has 6 heteroatoms. The average molecular weight is 309 g/mol. The fourth-order valence-corrected chi connectivity index (χ4v) is 1.89. The van der Waals surface area contributed by atoms with Crippen molar-refractivity contribution in [2.24, 2.45) is 0 Å². The van der Waals surface area contributed by atoms with Crippen LogP contribution in [0.4, 0.5) is 18.9 Å². The Kier molecular flexibility index (Phi) is 5.04. The van der Waals surface area contributed by atoms with E-state index in [4.69, 9.17) is 4.74 Å². The van der Waals surface area contributed by atoms with E-state index >= 15 is 0 Å². The number of Topliss-reactive ketones (excluding diaryl/α,β-unsaturated/α-hetero) is 1. The number of hydrogen-bond acceptors (Lipinski definition) is 3. The lowest BCUT2D eigenvalue weighted by molar-refractivity contribution is 0.0986. The molecule has 0 aliphatic carbocycles. The Labute approximate surface area is 125 Å². The first kappa shape index (κ1) is 15.9. The van der Waals surface area contributed by atoms with Crippen molar-refractivity contribution >= 4 is 11.5 Å². The highest BCUT2D eigenvalue weighted by molar-refractivity contribution is 5.96. The van der Waals surface area contributed by atoms with Gasteiger partial charge in [0.1, 0.15) is 5.75 Å². The van der Waals surface area contributed by atoms with Crippen molar-refractivity contribution in [3.8, 4) is 5.75 Å². The van der Waals surface area contributed by atoms with Crippen molar-refractivity contribution in [3.63, 3.8) is 0 Å². The van der Waals surface area contributed by atoms with E-state index in [0.29, 0.717) is 11.3 Å². The van der Waals surface area contributed by atoms with Gasteiger partial charge in [-0.3, -0.25) is 4.79 Å². The molecule has 1 N–H and O–H groups in total. The lowest BCUT2D eigenvalue weighted by Gasteiger charge is -2.08. The minimum Gasteiger partial charge on any atom is -0.497 e. The lowest BCUT2D eigenvalue weighted by atomic mass is 10.1. The van der Waals surface area contributed by atoms with Gasteiger partial charge in [0.15, 0.2) is 23.2 Å². The van der Waals surface area contributed by atoms with Crippen molar-refractivity contribution < 1.29 is 22.7 Å². The van der Waals surface area contributed by atoms with E-state index in [0.717, 1.165) is 12.1 Å². The maximum absolute atomic E-state index is 13.4. The Balaban J connectivity index is 1.93. The minimum atomic E-state index is -1.54. The Morgan fingerprint density at radius 1 is 1.05 bits per heavy atom. The van der Waals surface area contributed by atoms with Crippen molar-refractivity contribution in [1.29, 1.82) is 0 Å². The predicted octanol–water partition coefficient (Wildman–Crippen LogP) is 3.80. The topological polar surface area (TPSA) is 38.3 Å². The molecular formula is C16H14F3NO2. The molecule has 0 spiro atoms. The third-order valence-corrected chi connectivity index (χ3v) is 3.11. The van der Waals surface area contributed by atoms with Crippen LogP contribution in [0.3, 0.4) is 0 Å². The van der Waals surface area contributed by atoms with Crippen LogP contribution in [0.5, 0.6) is 5.75 Å². The van der Waals surface area contributed by atoms with Crippen LogP contribution in [0, 0.1) is 17.5 Å². The number of anilines is 1. The largest absolute Gasteiger partial charge is 0.497 e. The molecule has 0 heterocycles. The van der Waals surface area contributed by atoms with Crippen molar-refractivity contribution in [2.75, 3.05) is 19.0 Å². The van der Waals surface area contributed by atoms with Gasteiger partial charge in [-0.25, -0.2) is 13.2 Å². The third-order valence-electron chi connectivity index (χ3n) is 3.11. The van der Waals surface area contributed by atoms with Gasteiger partial charge in [-0.2, -0.15) is 0 Å². The van der Waals surface area contributed by atoms with Crippen LogP contribution < -0.4 is 10.1 Å². The number of halogens is 3. The van der Waals surface area contributed by atoms with Gasteiger partial charge in [-0.15, -0.1) is 0 Å². The molecule has 2 rings (SSSR count). The number of ketones is 1. The van der Waals surface area contributed by atoms with E-state index in [-0.39, 0.29) is 24.4 Å². The van der Waals surface area contributed by atoms with Crippen LogP contribution in [-0.2, 0) is 0 Å². The zero-order valence-corrected chi connectivity index (χ0v) is 11.8. The monoisotopic (exact) mass is 309 g/mol. The smallest absolute Gasteiger partial charge is 0.196 e. The highest BCUT2D eigenvalue weighted by Gasteiger charge is 2.13. The second kappa shape index (κ2) is 6.98. The van der Waals surface area contributed by atoms with Gasteiger partial charge in [0, 0.05) is 18.5 Å². The molecule has 0 amide bonds. The second-order valence-electron chi connectivity index (χ2n) is 4.55. The molecule has 0 saturated heterocycles. The zero-order chi connectivity index (χ0) is 16.1. The Hall–Kier alpha value is -2.50. The highest BCUT2D eigenvalue weighted by atomic mass is 19.2. The molecule has 0 unspecified atom stereocenters. The molecule has 2 aromatic carbocycles. The summed E-state index contributed by atoms with van der Waals surface area (Å²) < 4.78 is 44.2. The summed E-state index contributed by atoms with van der Waals surface area (Å²) in [6.07, 6.45) is 0.0881. The Morgan fingerprint density at radius 3 is 2.36 bits per heavy atom. The summed E-state index contributed by atoms with van der Waals surface area (Å²) in [5.74, 6) is -3.60. The molecule has 3 nitrogen and oxygen atoms in total. The molecule has 0 aliphatic rings. The van der Waals surface area contributed by atoms with Crippen molar-refractivity contribution in [3.05, 3.63) is 59.4 Å². The van der Waals surface area contributed by atoms with Crippen LogP contribution in [0.25, 0.3) is 0 Å². The highest BCUT2D eigenvalue weighted by Crippen LogP contribution is 2.19. The van der Waals surface area contributed by atoms with Gasteiger partial charge in [-0.1, -0.05) is 0 Å². The summed E-state index contributed by atoms with van der Waals surface area (Å²) in [4.78, 5) is 11.9. The number of benzene rings is 2. The van der Waals surface area contributed by atoms with Crippen LogP contribution >= 0.6 is 0 Å². The number of carbonyl (C=O) groups is 1. The first-order valence-electron chi connectivity index (χ1n) is 6.57. The van der Waals surface area contributed by atoms with Gasteiger partial charge >= 0.3 is 0 Å². The number of hydrogen-bond donors (Lipinski definition) is 1. The minimum absolute atomic E-state index is 0.0881. The number of nitrogens with one attached hydrogen (secondary N) is 1. The molecular weight excluding hydrogens is 295 g/mol. The number of carbonyl (C=O) groups excluding carboxylic acids is 1. The number of ether oxygens (including phenoxy) is 1. The van der Waals surface area contributed by atoms with Crippen LogP contribution in [-0.4, -0.2) is 19.4 Å². The first-order valence-corrected chi connectivity index (χ1v) is 6.57. The van der Waals surface area contributed by atoms with Gasteiger partial charge in [0.2, 0.25) is 0 Å². The summed E-state index contributed by atoms with van der Waals surface area (Å²) in [6, 6.07) is 8.49. The standard InChI is InChI=1S/C16H14F3NO2/c1-22-11-4-2-10(3-5-11)14(21)8-9-20-13-7-6-12(17)15(18)16(13)19/h2-7,20H,8-9H2,1H3. The van der Waals surface area contributed by atoms with E-state index in [2.05, 4.69) is 5.32 Å². The molecule has 116 valence electrons. The molecule has 0 saturated carbocycles. The summed E-state index contributed by atoms with van der Waals surface area (Å²) in [5.41, 5.74) is 0.315. The van der Waals surface area contributed by atoms with Crippen LogP contribution in [0.1, 0.15) is 16.8 Å². The van der Waals surface area contributed by atoms with Crippen LogP contribution in [0.15, 0.2) is 36.4 Å². The fraction of sp³-hybridized carbons (Fsp3) is 0.188. The summed E-state index contributed by atoms with van der Waals surface area (Å²) >= 11 is 0. The molecule has 0 aromatic heterocycles. The maximum atomic E-state index is 13.4. The molecule has 0 radical (unpaired) electrons. The number of methoxy groups -OCH3 is 1. The molecule has 0 aliphatic heterocycles. The van der Waals surface area contributed by atoms with Crippen LogP contribution in [0.2, 0.25) is 0 Å². The Bertz CT molecular complexity index is 672. The van der Waals surface area contributed by atoms with Gasteiger partial charge < -0.3 is 10.1 Å². The summed E-state index contributed by atoms with van der Waals surface area (Å²) in [6.45, 7) is 0.104. The van der Waals surface area contributed by atoms with E-state index in [9.17, 15) is 18.0 Å². The van der Waals surface area contributed by atoms with Crippen molar-refractivity contribution in [1.82, 2.24) is 0 Å². The van der Waals surface area contributed by atoms with Gasteiger partial charge in [0.05, 0.1) is 12.8 Å². The van der Waals surface area contributed by atoms with Gasteiger partial charge in [0.25, 0.3) is 0 Å². The van der Waals surface area contributed by atoms with E-state index < -0.39 is 17.5 Å². The summed E-state index contributed by atoms with van der Waals surface area (Å²) in [7, 11) is 1.52. The Morgan fingerprint density at radius 2 is 1.73 bits per heavy atom. The van der Waals surface area contributed by atoms with E-state index in [1.54, 1.807) is 24.3 Å². The molecule has 0 atom stereocenters. The molecule has 2 aromatic rings. The van der Waals surface area contributed by atoms with E-state index in [1.165, 1.54) is 7.11 Å². The second-order valence-corrected chi connectivity index (χ2v) is 4.55. The lowest BCUT2D eigenvalue weighted by Crippen LogP contribution is -2.10. The fourth-order valence-electron chi connectivity index (χ4n) is 1.89. The molecule has 0 fully saturated rings. The van der Waals surface area contributed by atoms with E-state index in [1.807, 2.05) is 0 Å². The number of rotatable bonds is 6. The quantitative estimate of drug-likeness (QED) is 0.651. The molecule has 0 bridgehead atoms. The zero-order valence-electron chi connectivity index (χ0n) is 11.8. The van der Waals surface area contributed by atoms with Gasteiger partial charge in [-0.05, 0) is 36.4 Å². The maximum Gasteiger partial charge on any atom is 0.196 e. The predicted molar refractivity (Wildman–Crippen MR) is 76.7 cm³/mol.